The van der Waals surface area contributed by atoms with Gasteiger partial charge in [-0.25, -0.2) is 0 Å². The van der Waals surface area contributed by atoms with Gasteiger partial charge in [0.25, 0.3) is 0 Å². The quantitative estimate of drug-likeness (QED) is 0.470. The van der Waals surface area contributed by atoms with Gasteiger partial charge in [0, 0.05) is 5.56 Å². The Balaban J connectivity index is 2.15. The molecule has 27 heavy (non-hydrogen) atoms. The van der Waals surface area contributed by atoms with Crippen LogP contribution < -0.4 is 0 Å². The minimum absolute atomic E-state index is 0.0312. The minimum atomic E-state index is 0.0312. The Morgan fingerprint density at radius 3 is 1.81 bits per heavy atom. The molecule has 140 valence electrons. The van der Waals surface area contributed by atoms with Crippen LogP contribution in [0, 0.1) is 0 Å². The number of carbonyl (C=O) groups excluding carboxylic acids is 1. The zero-order chi connectivity index (χ0) is 19.8. The highest BCUT2D eigenvalue weighted by atomic mass is 16.3. The summed E-state index contributed by atoms with van der Waals surface area (Å²) in [6, 6.07) is 18.8. The standard InChI is InChI=1S/C25H28O2/c1-24(2,3)18-9-7-17(8-10-18)21-13-11-19(25(4,5)6)15-22(21)23-14-12-20(16-26)27-23/h7-16H,1-6H3. The van der Waals surface area contributed by atoms with Gasteiger partial charge in [-0.2, -0.15) is 0 Å². The van der Waals surface area contributed by atoms with Gasteiger partial charge in [-0.1, -0.05) is 77.9 Å². The Morgan fingerprint density at radius 2 is 1.30 bits per heavy atom. The first kappa shape index (κ1) is 19.2. The molecule has 0 aliphatic carbocycles. The second kappa shape index (κ2) is 6.84. The van der Waals surface area contributed by atoms with E-state index in [9.17, 15) is 4.79 Å². The molecule has 3 rings (SSSR count). The van der Waals surface area contributed by atoms with Crippen LogP contribution in [0.15, 0.2) is 59.0 Å². The van der Waals surface area contributed by atoms with Gasteiger partial charge in [0.2, 0.25) is 0 Å². The number of aldehydes is 1. The fraction of sp³-hybridized carbons (Fsp3) is 0.320. The largest absolute Gasteiger partial charge is 0.453 e. The number of hydrogen-bond donors (Lipinski definition) is 0. The van der Waals surface area contributed by atoms with Crippen molar-refractivity contribution in [2.24, 2.45) is 0 Å². The van der Waals surface area contributed by atoms with Crippen molar-refractivity contribution in [2.75, 3.05) is 0 Å². The Bertz CT molecular complexity index is 945. The maximum absolute atomic E-state index is 11.1. The maximum Gasteiger partial charge on any atom is 0.185 e. The molecule has 0 fully saturated rings. The van der Waals surface area contributed by atoms with E-state index in [1.165, 1.54) is 11.1 Å². The first-order valence-electron chi connectivity index (χ1n) is 9.40. The molecule has 2 nitrogen and oxygen atoms in total. The van der Waals surface area contributed by atoms with Crippen LogP contribution in [-0.4, -0.2) is 6.29 Å². The highest BCUT2D eigenvalue weighted by Crippen LogP contribution is 2.37. The molecule has 0 aliphatic heterocycles. The van der Waals surface area contributed by atoms with Gasteiger partial charge in [0.15, 0.2) is 12.0 Å². The second-order valence-corrected chi connectivity index (χ2v) is 9.16. The van der Waals surface area contributed by atoms with Crippen molar-refractivity contribution < 1.29 is 9.21 Å². The average molecular weight is 360 g/mol. The van der Waals surface area contributed by atoms with Crippen molar-refractivity contribution in [3.8, 4) is 22.5 Å². The number of benzene rings is 2. The van der Waals surface area contributed by atoms with Crippen LogP contribution in [0.3, 0.4) is 0 Å². The topological polar surface area (TPSA) is 30.2 Å². The smallest absolute Gasteiger partial charge is 0.185 e. The summed E-state index contributed by atoms with van der Waals surface area (Å²) in [4.78, 5) is 11.1. The van der Waals surface area contributed by atoms with E-state index in [1.54, 1.807) is 6.07 Å². The molecule has 3 aromatic rings. The molecule has 0 amide bonds. The number of hydrogen-bond acceptors (Lipinski definition) is 2. The molecular weight excluding hydrogens is 332 g/mol. The molecule has 0 saturated carbocycles. The summed E-state index contributed by atoms with van der Waals surface area (Å²) < 4.78 is 5.76. The zero-order valence-corrected chi connectivity index (χ0v) is 17.1. The van der Waals surface area contributed by atoms with Gasteiger partial charge in [-0.15, -0.1) is 0 Å². The molecule has 2 heteroatoms. The fourth-order valence-electron chi connectivity index (χ4n) is 3.18. The predicted molar refractivity (Wildman–Crippen MR) is 112 cm³/mol. The Kier molecular flexibility index (Phi) is 4.86. The first-order chi connectivity index (χ1) is 12.6. The lowest BCUT2D eigenvalue weighted by Gasteiger charge is -2.22. The maximum atomic E-state index is 11.1. The van der Waals surface area contributed by atoms with Crippen LogP contribution in [0.5, 0.6) is 0 Å². The molecular formula is C25H28O2. The van der Waals surface area contributed by atoms with E-state index in [1.807, 2.05) is 6.07 Å². The molecule has 1 heterocycles. The second-order valence-electron chi connectivity index (χ2n) is 9.16. The molecule has 0 atom stereocenters. The third kappa shape index (κ3) is 4.05. The van der Waals surface area contributed by atoms with E-state index in [0.29, 0.717) is 5.76 Å². The summed E-state index contributed by atoms with van der Waals surface area (Å²) in [5, 5.41) is 0. The normalized spacial score (nSPS) is 12.2. The van der Waals surface area contributed by atoms with Crippen molar-refractivity contribution in [3.63, 3.8) is 0 Å². The summed E-state index contributed by atoms with van der Waals surface area (Å²) in [5.74, 6) is 1.07. The van der Waals surface area contributed by atoms with Gasteiger partial charge in [0.1, 0.15) is 5.76 Å². The van der Waals surface area contributed by atoms with Crippen LogP contribution in [-0.2, 0) is 10.8 Å². The van der Waals surface area contributed by atoms with Gasteiger partial charge in [0.05, 0.1) is 0 Å². The van der Waals surface area contributed by atoms with Gasteiger partial charge >= 0.3 is 0 Å². The molecule has 0 bridgehead atoms. The molecule has 0 spiro atoms. The minimum Gasteiger partial charge on any atom is -0.453 e. The third-order valence-electron chi connectivity index (χ3n) is 4.96. The van der Waals surface area contributed by atoms with Crippen LogP contribution in [0.1, 0.15) is 63.2 Å². The number of furan rings is 1. The van der Waals surface area contributed by atoms with Crippen LogP contribution in [0.4, 0.5) is 0 Å². The Labute approximate surface area is 162 Å². The number of rotatable bonds is 3. The van der Waals surface area contributed by atoms with Crippen molar-refractivity contribution in [1.82, 2.24) is 0 Å². The van der Waals surface area contributed by atoms with Crippen molar-refractivity contribution >= 4 is 6.29 Å². The van der Waals surface area contributed by atoms with Gasteiger partial charge in [-0.05, 0) is 51.3 Å². The molecule has 0 radical (unpaired) electrons. The van der Waals surface area contributed by atoms with Crippen molar-refractivity contribution in [2.45, 2.75) is 52.4 Å². The molecule has 0 N–H and O–H groups in total. The van der Waals surface area contributed by atoms with Gasteiger partial charge < -0.3 is 4.42 Å². The highest BCUT2D eigenvalue weighted by Gasteiger charge is 2.19. The Morgan fingerprint density at radius 1 is 0.704 bits per heavy atom. The lowest BCUT2D eigenvalue weighted by atomic mass is 9.83. The zero-order valence-electron chi connectivity index (χ0n) is 17.1. The molecule has 0 saturated heterocycles. The third-order valence-corrected chi connectivity index (χ3v) is 4.96. The van der Waals surface area contributed by atoms with E-state index < -0.39 is 0 Å². The van der Waals surface area contributed by atoms with Crippen LogP contribution in [0.2, 0.25) is 0 Å². The van der Waals surface area contributed by atoms with Crippen molar-refractivity contribution in [3.05, 3.63) is 71.5 Å². The SMILES string of the molecule is CC(C)(C)c1ccc(-c2ccc(C(C)(C)C)cc2-c2ccc(C=O)o2)cc1. The monoisotopic (exact) mass is 360 g/mol. The van der Waals surface area contributed by atoms with Gasteiger partial charge in [-0.3, -0.25) is 4.79 Å². The molecule has 1 aromatic heterocycles. The molecule has 0 unspecified atom stereocenters. The number of carbonyl (C=O) groups is 1. The average Bonchev–Trinajstić information content (AvgIpc) is 3.09. The van der Waals surface area contributed by atoms with E-state index in [0.717, 1.165) is 28.7 Å². The lowest BCUT2D eigenvalue weighted by molar-refractivity contribution is 0.110. The van der Waals surface area contributed by atoms with E-state index in [2.05, 4.69) is 84.0 Å². The summed E-state index contributed by atoms with van der Waals surface area (Å²) in [6.07, 6.45) is 0.745. The lowest BCUT2D eigenvalue weighted by Crippen LogP contribution is -2.11. The summed E-state index contributed by atoms with van der Waals surface area (Å²) in [6.45, 7) is 13.2. The van der Waals surface area contributed by atoms with E-state index in [-0.39, 0.29) is 10.8 Å². The van der Waals surface area contributed by atoms with E-state index in [4.69, 9.17) is 4.42 Å². The summed E-state index contributed by atoms with van der Waals surface area (Å²) in [7, 11) is 0. The van der Waals surface area contributed by atoms with E-state index >= 15 is 0 Å². The van der Waals surface area contributed by atoms with Crippen molar-refractivity contribution in [1.29, 1.82) is 0 Å². The Hall–Kier alpha value is -2.61. The summed E-state index contributed by atoms with van der Waals surface area (Å²) >= 11 is 0. The molecule has 2 aromatic carbocycles. The first-order valence-corrected chi connectivity index (χ1v) is 9.40. The van der Waals surface area contributed by atoms with Crippen LogP contribution in [0.25, 0.3) is 22.5 Å². The van der Waals surface area contributed by atoms with Crippen LogP contribution >= 0.6 is 0 Å². The molecule has 0 aliphatic rings. The fourth-order valence-corrected chi connectivity index (χ4v) is 3.18. The predicted octanol–water partition coefficient (Wildman–Crippen LogP) is 7.02. The summed E-state index contributed by atoms with van der Waals surface area (Å²) in [5.41, 5.74) is 5.95. The highest BCUT2D eigenvalue weighted by molar-refractivity contribution is 5.83.